The highest BCUT2D eigenvalue weighted by Gasteiger charge is 2.18. The molecule has 1 atom stereocenters. The molecule has 0 spiro atoms. The van der Waals surface area contributed by atoms with E-state index >= 15 is 0 Å². The Kier molecular flexibility index (Phi) is 6.12. The number of esters is 1. The number of nitrogens with one attached hydrogen (secondary N) is 1. The Balaban J connectivity index is 2.02. The Labute approximate surface area is 132 Å². The highest BCUT2D eigenvalue weighted by atomic mass is 32.1. The predicted octanol–water partition coefficient (Wildman–Crippen LogP) is 2.14. The highest BCUT2D eigenvalue weighted by molar-refractivity contribution is 7.10. The third-order valence-corrected chi connectivity index (χ3v) is 3.83. The molecule has 0 radical (unpaired) electrons. The van der Waals surface area contributed by atoms with E-state index in [4.69, 9.17) is 4.74 Å². The molecule has 1 aromatic heterocycles. The summed E-state index contributed by atoms with van der Waals surface area (Å²) in [6.45, 7) is -0.489. The molecule has 5 nitrogen and oxygen atoms in total. The lowest BCUT2D eigenvalue weighted by molar-refractivity contribution is -0.152. The average Bonchev–Trinajstić information content (AvgIpc) is 3.06. The summed E-state index contributed by atoms with van der Waals surface area (Å²) in [4.78, 5) is 24.2. The third-order valence-electron chi connectivity index (χ3n) is 2.89. The summed E-state index contributed by atoms with van der Waals surface area (Å²) in [6.07, 6.45) is 0. The molecule has 2 aromatic rings. The number of hydrogen-bond acceptors (Lipinski definition) is 5. The van der Waals surface area contributed by atoms with Crippen molar-refractivity contribution in [1.82, 2.24) is 5.32 Å². The van der Waals surface area contributed by atoms with Crippen molar-refractivity contribution in [2.24, 2.45) is 0 Å². The van der Waals surface area contributed by atoms with Crippen molar-refractivity contribution >= 4 is 23.2 Å². The van der Waals surface area contributed by atoms with Crippen molar-refractivity contribution in [2.75, 3.05) is 20.3 Å². The fourth-order valence-electron chi connectivity index (χ4n) is 1.93. The van der Waals surface area contributed by atoms with Gasteiger partial charge in [-0.15, -0.1) is 11.3 Å². The maximum Gasteiger partial charge on any atom is 0.332 e. The summed E-state index contributed by atoms with van der Waals surface area (Å²) in [5, 5.41) is 4.84. The molecule has 2 rings (SSSR count). The summed E-state index contributed by atoms with van der Waals surface area (Å²) >= 11 is 1.56. The molecule has 0 unspecified atom stereocenters. The quantitative estimate of drug-likeness (QED) is 0.794. The summed E-state index contributed by atoms with van der Waals surface area (Å²) < 4.78 is 9.47. The first-order valence-corrected chi connectivity index (χ1v) is 7.61. The molecule has 0 aliphatic rings. The van der Waals surface area contributed by atoms with Crippen LogP contribution in [0.1, 0.15) is 16.5 Å². The molecule has 1 heterocycles. The first-order chi connectivity index (χ1) is 10.7. The van der Waals surface area contributed by atoms with Gasteiger partial charge in [-0.2, -0.15) is 0 Å². The van der Waals surface area contributed by atoms with Crippen LogP contribution in [-0.4, -0.2) is 32.2 Å². The van der Waals surface area contributed by atoms with Crippen LogP contribution in [0.3, 0.4) is 0 Å². The fraction of sp³-hybridized carbons (Fsp3) is 0.250. The Bertz CT molecular complexity index is 598. The van der Waals surface area contributed by atoms with Crippen LogP contribution in [0, 0.1) is 0 Å². The minimum absolute atomic E-state index is 0.166. The molecule has 6 heteroatoms. The van der Waals surface area contributed by atoms with Crippen LogP contribution in [0.5, 0.6) is 0 Å². The van der Waals surface area contributed by atoms with Gasteiger partial charge in [-0.3, -0.25) is 4.79 Å². The smallest absolute Gasteiger partial charge is 0.332 e. The number of ether oxygens (including phenoxy) is 2. The number of carbonyl (C=O) groups excluding carboxylic acids is 2. The second-order valence-electron chi connectivity index (χ2n) is 4.52. The molecule has 0 aliphatic carbocycles. The summed E-state index contributed by atoms with van der Waals surface area (Å²) in [6, 6.07) is 13.3. The number of rotatable bonds is 7. The number of hydrogen-bond donors (Lipinski definition) is 1. The molecule has 1 amide bonds. The first-order valence-electron chi connectivity index (χ1n) is 6.73. The van der Waals surface area contributed by atoms with Crippen LogP contribution >= 0.6 is 11.3 Å². The molecule has 116 valence electrons. The van der Waals surface area contributed by atoms with E-state index in [0.29, 0.717) is 0 Å². The molecule has 0 aliphatic heterocycles. The van der Waals surface area contributed by atoms with Crippen molar-refractivity contribution in [3.8, 4) is 0 Å². The SMILES string of the molecule is COCC(=O)OCC(=O)N[C@@H](c1ccccc1)c1cccs1. The number of amides is 1. The lowest BCUT2D eigenvalue weighted by Crippen LogP contribution is -2.33. The Morgan fingerprint density at radius 1 is 1.14 bits per heavy atom. The van der Waals surface area contributed by atoms with Crippen LogP contribution in [0.4, 0.5) is 0 Å². The van der Waals surface area contributed by atoms with E-state index in [-0.39, 0.29) is 25.2 Å². The van der Waals surface area contributed by atoms with Crippen LogP contribution in [0.15, 0.2) is 47.8 Å². The van der Waals surface area contributed by atoms with Crippen molar-refractivity contribution in [3.05, 3.63) is 58.3 Å². The van der Waals surface area contributed by atoms with Gasteiger partial charge in [0.15, 0.2) is 6.61 Å². The van der Waals surface area contributed by atoms with Gasteiger partial charge in [0.1, 0.15) is 6.61 Å². The monoisotopic (exact) mass is 319 g/mol. The number of benzene rings is 1. The lowest BCUT2D eigenvalue weighted by atomic mass is 10.1. The third kappa shape index (κ3) is 4.68. The van der Waals surface area contributed by atoms with Gasteiger partial charge in [-0.25, -0.2) is 4.79 Å². The lowest BCUT2D eigenvalue weighted by Gasteiger charge is -2.18. The van der Waals surface area contributed by atoms with Gasteiger partial charge in [0, 0.05) is 12.0 Å². The zero-order valence-corrected chi connectivity index (χ0v) is 13.0. The molecule has 0 saturated carbocycles. The molecule has 1 N–H and O–H groups in total. The van der Waals surface area contributed by atoms with Crippen molar-refractivity contribution in [1.29, 1.82) is 0 Å². The molecule has 0 fully saturated rings. The van der Waals surface area contributed by atoms with Crippen molar-refractivity contribution in [3.63, 3.8) is 0 Å². The standard InChI is InChI=1S/C16H17NO4S/c1-20-11-15(19)21-10-14(18)17-16(13-8-5-9-22-13)12-6-3-2-4-7-12/h2-9,16H,10-11H2,1H3,(H,17,18)/t16-/m0/s1. The predicted molar refractivity (Wildman–Crippen MR) is 83.6 cm³/mol. The Morgan fingerprint density at radius 3 is 2.55 bits per heavy atom. The van der Waals surface area contributed by atoms with Gasteiger partial charge in [-0.05, 0) is 17.0 Å². The van der Waals surface area contributed by atoms with Crippen molar-refractivity contribution in [2.45, 2.75) is 6.04 Å². The van der Waals surface area contributed by atoms with Gasteiger partial charge in [-0.1, -0.05) is 36.4 Å². The maximum atomic E-state index is 12.0. The summed E-state index contributed by atoms with van der Waals surface area (Å²) in [5.74, 6) is -0.920. The van der Waals surface area contributed by atoms with E-state index in [1.165, 1.54) is 7.11 Å². The zero-order chi connectivity index (χ0) is 15.8. The number of thiophene rings is 1. The second kappa shape index (κ2) is 8.31. The minimum Gasteiger partial charge on any atom is -0.454 e. The maximum absolute atomic E-state index is 12.0. The van der Waals surface area contributed by atoms with Gasteiger partial charge in [0.25, 0.3) is 5.91 Å². The van der Waals surface area contributed by atoms with Crippen LogP contribution in [0.2, 0.25) is 0 Å². The summed E-state index contributed by atoms with van der Waals surface area (Å²) in [5.41, 5.74) is 0.974. The Morgan fingerprint density at radius 2 is 1.91 bits per heavy atom. The zero-order valence-electron chi connectivity index (χ0n) is 12.2. The van der Waals surface area contributed by atoms with E-state index in [1.54, 1.807) is 11.3 Å². The average molecular weight is 319 g/mol. The van der Waals surface area contributed by atoms with E-state index < -0.39 is 5.97 Å². The van der Waals surface area contributed by atoms with E-state index in [2.05, 4.69) is 10.1 Å². The second-order valence-corrected chi connectivity index (χ2v) is 5.50. The molecule has 22 heavy (non-hydrogen) atoms. The first kappa shape index (κ1) is 16.2. The van der Waals surface area contributed by atoms with Gasteiger partial charge in [0.2, 0.25) is 0 Å². The Hall–Kier alpha value is -2.18. The minimum atomic E-state index is -0.565. The van der Waals surface area contributed by atoms with Gasteiger partial charge >= 0.3 is 5.97 Å². The topological polar surface area (TPSA) is 64.6 Å². The number of methoxy groups -OCH3 is 1. The van der Waals surface area contributed by atoms with Crippen LogP contribution < -0.4 is 5.32 Å². The van der Waals surface area contributed by atoms with E-state index in [9.17, 15) is 9.59 Å². The molecule has 0 bridgehead atoms. The largest absolute Gasteiger partial charge is 0.454 e. The fourth-order valence-corrected chi connectivity index (χ4v) is 2.73. The molecule has 0 saturated heterocycles. The normalized spacial score (nSPS) is 11.7. The van der Waals surface area contributed by atoms with Gasteiger partial charge < -0.3 is 14.8 Å². The number of carbonyl (C=O) groups is 2. The highest BCUT2D eigenvalue weighted by Crippen LogP contribution is 2.25. The van der Waals surface area contributed by atoms with Crippen LogP contribution in [-0.2, 0) is 19.1 Å². The summed E-state index contributed by atoms with van der Waals surface area (Å²) in [7, 11) is 1.39. The molecular weight excluding hydrogens is 302 g/mol. The van der Waals surface area contributed by atoms with E-state index in [0.717, 1.165) is 10.4 Å². The molecule has 1 aromatic carbocycles. The van der Waals surface area contributed by atoms with Gasteiger partial charge in [0.05, 0.1) is 6.04 Å². The van der Waals surface area contributed by atoms with Crippen molar-refractivity contribution < 1.29 is 19.1 Å². The van der Waals surface area contributed by atoms with E-state index in [1.807, 2.05) is 47.8 Å². The molecular formula is C16H17NO4S. The van der Waals surface area contributed by atoms with Crippen LogP contribution in [0.25, 0.3) is 0 Å².